The molecule has 10 heteroatoms. The number of nitrogens with one attached hydrogen (secondary N) is 2. The van der Waals surface area contributed by atoms with Crippen molar-refractivity contribution < 1.29 is 23.4 Å². The highest BCUT2D eigenvalue weighted by Gasteiger charge is 2.32. The fraction of sp³-hybridized carbons (Fsp3) is 0.609. The summed E-state index contributed by atoms with van der Waals surface area (Å²) >= 11 is 0. The summed E-state index contributed by atoms with van der Waals surface area (Å²) < 4.78 is 34.9. The minimum absolute atomic E-state index is 0.0775. The number of hydrogen-bond donors (Lipinski definition) is 3. The van der Waals surface area contributed by atoms with E-state index in [1.807, 2.05) is 10.9 Å². The van der Waals surface area contributed by atoms with E-state index in [-0.39, 0.29) is 18.4 Å². The second kappa shape index (κ2) is 11.0. The molecule has 1 saturated carbocycles. The summed E-state index contributed by atoms with van der Waals surface area (Å²) in [5, 5.41) is 23.4. The molecule has 1 saturated heterocycles. The fourth-order valence-electron chi connectivity index (χ4n) is 4.71. The molecule has 3 N–H and O–H groups in total. The van der Waals surface area contributed by atoms with E-state index in [0.29, 0.717) is 25.3 Å². The van der Waals surface area contributed by atoms with Crippen molar-refractivity contribution in [2.24, 2.45) is 0 Å². The smallest absolute Gasteiger partial charge is 0.319 e. The van der Waals surface area contributed by atoms with Crippen LogP contribution in [0.3, 0.4) is 0 Å². The highest BCUT2D eigenvalue weighted by molar-refractivity contribution is 5.89. The van der Waals surface area contributed by atoms with Crippen LogP contribution in [0.15, 0.2) is 24.4 Å². The van der Waals surface area contributed by atoms with E-state index < -0.39 is 29.8 Å². The van der Waals surface area contributed by atoms with Crippen LogP contribution in [-0.4, -0.2) is 51.0 Å². The number of urea groups is 1. The zero-order chi connectivity index (χ0) is 23.2. The van der Waals surface area contributed by atoms with Gasteiger partial charge in [0, 0.05) is 24.7 Å². The number of amides is 2. The van der Waals surface area contributed by atoms with E-state index in [2.05, 4.69) is 20.9 Å². The number of hydrogen-bond acceptors (Lipinski definition) is 5. The van der Waals surface area contributed by atoms with Crippen LogP contribution in [0.1, 0.15) is 63.0 Å². The van der Waals surface area contributed by atoms with Crippen LogP contribution in [0.4, 0.5) is 19.3 Å². The molecule has 2 aliphatic rings. The van der Waals surface area contributed by atoms with Gasteiger partial charge in [0.15, 0.2) is 0 Å². The van der Waals surface area contributed by atoms with Crippen LogP contribution in [0.25, 0.3) is 0 Å². The van der Waals surface area contributed by atoms with Gasteiger partial charge in [0.05, 0.1) is 30.1 Å². The number of aliphatic hydroxyl groups excluding tert-OH is 1. The summed E-state index contributed by atoms with van der Waals surface area (Å²) in [6.07, 6.45) is 9.54. The number of anilines is 1. The minimum Gasteiger partial charge on any atom is -0.394 e. The number of aryl methyl sites for hydroxylation is 1. The third-order valence-electron chi connectivity index (χ3n) is 6.55. The molecule has 1 aromatic heterocycles. The maximum Gasteiger partial charge on any atom is 0.319 e. The lowest BCUT2D eigenvalue weighted by Gasteiger charge is -2.36. The van der Waals surface area contributed by atoms with Gasteiger partial charge in [0.25, 0.3) is 0 Å². The zero-order valence-electron chi connectivity index (χ0n) is 18.6. The molecule has 0 radical (unpaired) electrons. The average molecular weight is 464 g/mol. The highest BCUT2D eigenvalue weighted by Crippen LogP contribution is 2.31. The molecule has 0 spiro atoms. The number of benzene rings is 1. The molecule has 0 bridgehead atoms. The van der Waals surface area contributed by atoms with Crippen molar-refractivity contribution in [1.29, 1.82) is 0 Å². The van der Waals surface area contributed by atoms with E-state index in [1.54, 1.807) is 0 Å². The van der Waals surface area contributed by atoms with Crippen LogP contribution in [0.2, 0.25) is 0 Å². The number of rotatable bonds is 7. The van der Waals surface area contributed by atoms with E-state index in [9.17, 15) is 18.7 Å². The second-order valence-electron chi connectivity index (χ2n) is 8.92. The molecule has 8 nitrogen and oxygen atoms in total. The summed E-state index contributed by atoms with van der Waals surface area (Å²) in [6.45, 7) is 0.408. The molecule has 1 aromatic carbocycles. The SMILES string of the molecule is O=C(Nc1cc(F)ccc1F)N[C@@H]1CC[C@H](CCn2cc(C3CCCCC3)nn2)O[C@@H]1CO. The second-order valence-corrected chi connectivity index (χ2v) is 8.92. The summed E-state index contributed by atoms with van der Waals surface area (Å²) in [5.41, 5.74) is 0.820. The van der Waals surface area contributed by atoms with Crippen molar-refractivity contribution in [1.82, 2.24) is 20.3 Å². The van der Waals surface area contributed by atoms with Crippen LogP contribution >= 0.6 is 0 Å². The van der Waals surface area contributed by atoms with Crippen LogP contribution in [0.5, 0.6) is 0 Å². The summed E-state index contributed by atoms with van der Waals surface area (Å²) in [7, 11) is 0. The largest absolute Gasteiger partial charge is 0.394 e. The first-order chi connectivity index (χ1) is 16.0. The first-order valence-corrected chi connectivity index (χ1v) is 11.7. The average Bonchev–Trinajstić information content (AvgIpc) is 3.30. The molecule has 2 amide bonds. The Bertz CT molecular complexity index is 935. The molecule has 3 atom stereocenters. The molecule has 1 aliphatic carbocycles. The lowest BCUT2D eigenvalue weighted by molar-refractivity contribution is -0.0905. The number of aromatic nitrogens is 3. The fourth-order valence-corrected chi connectivity index (χ4v) is 4.71. The van der Waals surface area contributed by atoms with Gasteiger partial charge in [-0.25, -0.2) is 13.6 Å². The van der Waals surface area contributed by atoms with Crippen molar-refractivity contribution in [3.8, 4) is 0 Å². The third-order valence-corrected chi connectivity index (χ3v) is 6.55. The Balaban J connectivity index is 1.25. The van der Waals surface area contributed by atoms with Crippen LogP contribution in [-0.2, 0) is 11.3 Å². The number of nitrogens with zero attached hydrogens (tertiary/aromatic N) is 3. The Kier molecular flexibility index (Phi) is 7.87. The molecule has 4 rings (SSSR count). The van der Waals surface area contributed by atoms with E-state index in [1.165, 1.54) is 32.1 Å². The number of ether oxygens (including phenoxy) is 1. The van der Waals surface area contributed by atoms with Gasteiger partial charge < -0.3 is 20.5 Å². The van der Waals surface area contributed by atoms with Crippen LogP contribution in [0, 0.1) is 11.6 Å². The van der Waals surface area contributed by atoms with Crippen molar-refractivity contribution in [3.05, 3.63) is 41.7 Å². The number of carbonyl (C=O) groups excluding carboxylic acids is 1. The van der Waals surface area contributed by atoms with E-state index in [0.717, 1.165) is 30.3 Å². The Hall–Kier alpha value is -2.59. The number of carbonyl (C=O) groups is 1. The Morgan fingerprint density at radius 2 is 2.00 bits per heavy atom. The van der Waals surface area contributed by atoms with Crippen LogP contribution < -0.4 is 10.6 Å². The predicted octanol–water partition coefficient (Wildman–Crippen LogP) is 3.72. The van der Waals surface area contributed by atoms with Gasteiger partial charge >= 0.3 is 6.03 Å². The summed E-state index contributed by atoms with van der Waals surface area (Å²) in [6, 6.07) is 1.72. The van der Waals surface area contributed by atoms with E-state index >= 15 is 0 Å². The molecular weight excluding hydrogens is 432 g/mol. The third kappa shape index (κ3) is 6.26. The quantitative estimate of drug-likeness (QED) is 0.581. The Morgan fingerprint density at radius 1 is 1.18 bits per heavy atom. The highest BCUT2D eigenvalue weighted by atomic mass is 19.1. The van der Waals surface area contributed by atoms with Crippen molar-refractivity contribution in [2.75, 3.05) is 11.9 Å². The molecule has 33 heavy (non-hydrogen) atoms. The van der Waals surface area contributed by atoms with Crippen molar-refractivity contribution in [3.63, 3.8) is 0 Å². The lowest BCUT2D eigenvalue weighted by atomic mass is 9.87. The number of halogens is 2. The van der Waals surface area contributed by atoms with Gasteiger partial charge in [-0.15, -0.1) is 5.10 Å². The molecule has 180 valence electrons. The van der Waals surface area contributed by atoms with Gasteiger partial charge in [0.2, 0.25) is 0 Å². The lowest BCUT2D eigenvalue weighted by Crippen LogP contribution is -2.52. The summed E-state index contributed by atoms with van der Waals surface area (Å²) in [5.74, 6) is -0.872. The maximum absolute atomic E-state index is 13.7. The molecule has 2 fully saturated rings. The topological polar surface area (TPSA) is 101 Å². The van der Waals surface area contributed by atoms with Gasteiger partial charge in [-0.1, -0.05) is 24.5 Å². The van der Waals surface area contributed by atoms with Crippen molar-refractivity contribution in [2.45, 2.75) is 82.1 Å². The Morgan fingerprint density at radius 3 is 2.79 bits per heavy atom. The van der Waals surface area contributed by atoms with Gasteiger partial charge in [-0.3, -0.25) is 4.68 Å². The first kappa shape index (κ1) is 23.6. The summed E-state index contributed by atoms with van der Waals surface area (Å²) in [4.78, 5) is 12.3. The standard InChI is InChI=1S/C23H31F2N5O3/c24-16-6-8-18(25)20(12-16)27-23(32)26-19-9-7-17(33-22(19)14-31)10-11-30-13-21(28-29-30)15-4-2-1-3-5-15/h6,8,12-13,15,17,19,22,31H,1-5,7,9-11,14H2,(H2,26,27,32)/t17-,19-,22-/m1/s1. The molecule has 2 heterocycles. The molecule has 0 unspecified atom stereocenters. The molecular formula is C23H31F2N5O3. The monoisotopic (exact) mass is 463 g/mol. The number of aliphatic hydroxyl groups is 1. The predicted molar refractivity (Wildman–Crippen MR) is 118 cm³/mol. The first-order valence-electron chi connectivity index (χ1n) is 11.7. The van der Waals surface area contributed by atoms with Gasteiger partial charge in [-0.05, 0) is 44.2 Å². The zero-order valence-corrected chi connectivity index (χ0v) is 18.6. The van der Waals surface area contributed by atoms with Crippen molar-refractivity contribution >= 4 is 11.7 Å². The van der Waals surface area contributed by atoms with Gasteiger partial charge in [0.1, 0.15) is 17.7 Å². The van der Waals surface area contributed by atoms with E-state index in [4.69, 9.17) is 4.74 Å². The minimum atomic E-state index is -0.732. The molecule has 1 aliphatic heterocycles. The van der Waals surface area contributed by atoms with Gasteiger partial charge in [-0.2, -0.15) is 0 Å². The molecule has 2 aromatic rings. The normalized spacial score (nSPS) is 23.9. The maximum atomic E-state index is 13.7. The Labute approximate surface area is 191 Å².